The Hall–Kier alpha value is -2.98. The summed E-state index contributed by atoms with van der Waals surface area (Å²) in [4.78, 5) is 33.3. The van der Waals surface area contributed by atoms with Gasteiger partial charge in [0.2, 0.25) is 10.0 Å². The maximum atomic E-state index is 12.9. The van der Waals surface area contributed by atoms with E-state index in [1.807, 2.05) is 43.3 Å². The first-order valence-corrected chi connectivity index (χ1v) is 9.47. The van der Waals surface area contributed by atoms with Crippen LogP contribution in [-0.2, 0) is 16.6 Å². The summed E-state index contributed by atoms with van der Waals surface area (Å²) >= 11 is 0. The lowest BCUT2D eigenvalue weighted by atomic mass is 10.2. The van der Waals surface area contributed by atoms with E-state index in [0.29, 0.717) is 0 Å². The van der Waals surface area contributed by atoms with Gasteiger partial charge in [0.25, 0.3) is 5.56 Å². The summed E-state index contributed by atoms with van der Waals surface area (Å²) in [7, 11) is 1.39. The van der Waals surface area contributed by atoms with Gasteiger partial charge < -0.3 is 4.90 Å². The number of nitrogens with one attached hydrogen (secondary N) is 2. The van der Waals surface area contributed by atoms with Gasteiger partial charge in [-0.1, -0.05) is 12.1 Å². The van der Waals surface area contributed by atoms with E-state index >= 15 is 0 Å². The molecule has 0 saturated carbocycles. The van der Waals surface area contributed by atoms with Gasteiger partial charge >= 0.3 is 5.69 Å². The van der Waals surface area contributed by atoms with Gasteiger partial charge in [-0.2, -0.15) is 4.31 Å². The molecule has 142 valence electrons. The summed E-state index contributed by atoms with van der Waals surface area (Å²) in [5, 5.41) is -0.00122. The molecule has 0 aliphatic carbocycles. The van der Waals surface area contributed by atoms with E-state index in [4.69, 9.17) is 0 Å². The van der Waals surface area contributed by atoms with Crippen molar-refractivity contribution in [3.05, 3.63) is 62.9 Å². The van der Waals surface area contributed by atoms with Crippen LogP contribution in [0.2, 0.25) is 0 Å². The monoisotopic (exact) mass is 389 g/mol. The Morgan fingerprint density at radius 1 is 1.07 bits per heavy atom. The highest BCUT2D eigenvalue weighted by molar-refractivity contribution is 7.89. The minimum Gasteiger partial charge on any atom is -0.378 e. The lowest BCUT2D eigenvalue weighted by Crippen LogP contribution is -2.27. The van der Waals surface area contributed by atoms with Crippen LogP contribution >= 0.6 is 0 Å². The number of hydrogen-bond acceptors (Lipinski definition) is 6. The first-order valence-electron chi connectivity index (χ1n) is 8.03. The van der Waals surface area contributed by atoms with Crippen molar-refractivity contribution in [1.82, 2.24) is 19.3 Å². The van der Waals surface area contributed by atoms with E-state index in [1.165, 1.54) is 17.4 Å². The Balaban J connectivity index is 1.96. The zero-order valence-electron chi connectivity index (χ0n) is 15.1. The average Bonchev–Trinajstić information content (AvgIpc) is 2.61. The molecule has 0 spiro atoms. The van der Waals surface area contributed by atoms with Gasteiger partial charge in [0, 0.05) is 39.6 Å². The fourth-order valence-electron chi connectivity index (χ4n) is 2.62. The van der Waals surface area contributed by atoms with E-state index in [0.717, 1.165) is 17.4 Å². The predicted octanol–water partition coefficient (Wildman–Crippen LogP) is 0.498. The second-order valence-electron chi connectivity index (χ2n) is 6.30. The predicted molar refractivity (Wildman–Crippen MR) is 102 cm³/mol. The van der Waals surface area contributed by atoms with Crippen molar-refractivity contribution in [2.45, 2.75) is 11.4 Å². The Morgan fingerprint density at radius 3 is 2.52 bits per heavy atom. The Bertz CT molecular complexity index is 1210. The molecule has 0 atom stereocenters. The maximum absolute atomic E-state index is 12.9. The third-order valence-electron chi connectivity index (χ3n) is 4.11. The highest BCUT2D eigenvalue weighted by Crippen LogP contribution is 2.20. The molecule has 0 bridgehead atoms. The summed E-state index contributed by atoms with van der Waals surface area (Å²) in [6.45, 7) is 0.157. The zero-order chi connectivity index (χ0) is 19.8. The van der Waals surface area contributed by atoms with Crippen LogP contribution in [0.1, 0.15) is 5.56 Å². The number of nitrogens with zero attached hydrogens (tertiary/aromatic N) is 3. The molecule has 0 amide bonds. The lowest BCUT2D eigenvalue weighted by Gasteiger charge is -2.19. The first kappa shape index (κ1) is 18.8. The number of benzene rings is 1. The number of aromatic amines is 2. The van der Waals surface area contributed by atoms with E-state index < -0.39 is 21.3 Å². The van der Waals surface area contributed by atoms with Crippen LogP contribution in [0.4, 0.5) is 5.69 Å². The van der Waals surface area contributed by atoms with Gasteiger partial charge in [-0.15, -0.1) is 0 Å². The van der Waals surface area contributed by atoms with Gasteiger partial charge in [0.1, 0.15) is 10.5 Å². The van der Waals surface area contributed by atoms with Gasteiger partial charge in [-0.05, 0) is 23.8 Å². The lowest BCUT2D eigenvalue weighted by molar-refractivity contribution is 0.466. The minimum atomic E-state index is -3.88. The largest absolute Gasteiger partial charge is 0.378 e. The fraction of sp³-hybridized carbons (Fsp3) is 0.235. The second kappa shape index (κ2) is 6.97. The van der Waals surface area contributed by atoms with Crippen LogP contribution in [0.3, 0.4) is 0 Å². The maximum Gasteiger partial charge on any atom is 0.327 e. The molecule has 0 unspecified atom stereocenters. The van der Waals surface area contributed by atoms with Crippen molar-refractivity contribution in [2.24, 2.45) is 0 Å². The number of aromatic nitrogens is 3. The summed E-state index contributed by atoms with van der Waals surface area (Å²) in [5.41, 5.74) is 0.418. The summed E-state index contributed by atoms with van der Waals surface area (Å²) < 4.78 is 26.9. The highest BCUT2D eigenvalue weighted by atomic mass is 32.2. The first-order chi connectivity index (χ1) is 12.7. The van der Waals surface area contributed by atoms with Crippen molar-refractivity contribution in [3.8, 4) is 0 Å². The van der Waals surface area contributed by atoms with Crippen LogP contribution in [0.5, 0.6) is 0 Å². The number of fused-ring (bicyclic) bond motifs is 1. The van der Waals surface area contributed by atoms with Crippen molar-refractivity contribution in [1.29, 1.82) is 0 Å². The molecule has 27 heavy (non-hydrogen) atoms. The quantitative estimate of drug-likeness (QED) is 0.656. The molecular formula is C17H19N5O4S. The number of sulfonamides is 1. The highest BCUT2D eigenvalue weighted by Gasteiger charge is 2.22. The van der Waals surface area contributed by atoms with Crippen LogP contribution in [0.15, 0.2) is 51.0 Å². The van der Waals surface area contributed by atoms with E-state index in [9.17, 15) is 18.0 Å². The van der Waals surface area contributed by atoms with Gasteiger partial charge in [0.05, 0.1) is 5.39 Å². The molecule has 9 nitrogen and oxygen atoms in total. The minimum absolute atomic E-state index is 0.00122. The van der Waals surface area contributed by atoms with Crippen molar-refractivity contribution >= 4 is 26.7 Å². The molecular weight excluding hydrogens is 370 g/mol. The van der Waals surface area contributed by atoms with Crippen LogP contribution < -0.4 is 16.1 Å². The third-order valence-corrected chi connectivity index (χ3v) is 5.88. The molecule has 1 aromatic carbocycles. The van der Waals surface area contributed by atoms with Crippen molar-refractivity contribution < 1.29 is 8.42 Å². The smallest absolute Gasteiger partial charge is 0.327 e. The Labute approximate surface area is 155 Å². The van der Waals surface area contributed by atoms with Gasteiger partial charge in [-0.25, -0.2) is 18.2 Å². The molecule has 0 radical (unpaired) electrons. The molecule has 10 heteroatoms. The van der Waals surface area contributed by atoms with E-state index in [2.05, 4.69) is 15.0 Å². The average molecular weight is 389 g/mol. The van der Waals surface area contributed by atoms with Crippen molar-refractivity contribution in [2.75, 3.05) is 26.0 Å². The zero-order valence-corrected chi connectivity index (χ0v) is 15.9. The number of rotatable bonds is 5. The number of anilines is 1. The van der Waals surface area contributed by atoms with Gasteiger partial charge in [-0.3, -0.25) is 14.8 Å². The van der Waals surface area contributed by atoms with Crippen LogP contribution in [0, 0.1) is 0 Å². The third kappa shape index (κ3) is 3.76. The molecule has 3 aromatic rings. The summed E-state index contributed by atoms with van der Waals surface area (Å²) in [6, 6.07) is 8.74. The molecule has 0 aliphatic heterocycles. The summed E-state index contributed by atoms with van der Waals surface area (Å²) in [6.07, 6.45) is 1.12. The topological polar surface area (TPSA) is 119 Å². The fourth-order valence-corrected chi connectivity index (χ4v) is 3.76. The molecule has 2 aromatic heterocycles. The SMILES string of the molecule is CN(C)c1cccc(CN(C)S(=O)(=O)c2cnc3[nH]c(=O)[nH]c(=O)c3c2)c1. The Kier molecular flexibility index (Phi) is 4.85. The second-order valence-corrected chi connectivity index (χ2v) is 8.35. The molecule has 2 heterocycles. The van der Waals surface area contributed by atoms with Gasteiger partial charge in [0.15, 0.2) is 0 Å². The molecule has 0 aliphatic rings. The Morgan fingerprint density at radius 2 is 1.81 bits per heavy atom. The molecule has 0 saturated heterocycles. The molecule has 3 rings (SSSR count). The molecule has 0 fully saturated rings. The van der Waals surface area contributed by atoms with E-state index in [-0.39, 0.29) is 22.5 Å². The number of H-pyrrole nitrogens is 2. The van der Waals surface area contributed by atoms with Crippen LogP contribution in [0.25, 0.3) is 11.0 Å². The van der Waals surface area contributed by atoms with Crippen molar-refractivity contribution in [3.63, 3.8) is 0 Å². The summed E-state index contributed by atoms with van der Waals surface area (Å²) in [5.74, 6) is 0. The number of hydrogen-bond donors (Lipinski definition) is 2. The van der Waals surface area contributed by atoms with E-state index in [1.54, 1.807) is 0 Å². The molecule has 2 N–H and O–H groups in total. The van der Waals surface area contributed by atoms with Crippen LogP contribution in [-0.4, -0.2) is 48.8 Å². The number of pyridine rings is 1. The standard InChI is InChI=1S/C17H19N5O4S/c1-21(2)12-6-4-5-11(7-12)10-22(3)27(25,26)13-8-14-15(18-9-13)19-17(24)20-16(14)23/h4-9H,10H2,1-3H3,(H2,18,19,20,23,24). The normalized spacial score (nSPS) is 11.9.